The van der Waals surface area contributed by atoms with Gasteiger partial charge in [0.15, 0.2) is 11.5 Å². The van der Waals surface area contributed by atoms with Crippen molar-refractivity contribution in [2.24, 2.45) is 0 Å². The standard InChI is InChI=1S/C22H19F3N2O4S2/c1-30-16-8-7-13(11-17(16)31-2)12-18-20(29)27(21(32)33-18)10-9-19(28)26-15-6-4-3-5-14(15)22(23,24)25/h3-8,11-12H,9-10H2,1-2H3,(H,26,28)/b18-12-. The number of para-hydroxylation sites is 1. The normalized spacial score (nSPS) is 15.2. The van der Waals surface area contributed by atoms with Crippen molar-refractivity contribution < 1.29 is 32.2 Å². The highest BCUT2D eigenvalue weighted by Gasteiger charge is 2.34. The smallest absolute Gasteiger partial charge is 0.418 e. The topological polar surface area (TPSA) is 67.9 Å². The number of ether oxygens (including phenoxy) is 2. The van der Waals surface area contributed by atoms with Crippen molar-refractivity contribution in [2.75, 3.05) is 26.1 Å². The first-order valence-corrected chi connectivity index (χ1v) is 10.8. The first-order chi connectivity index (χ1) is 15.6. The van der Waals surface area contributed by atoms with Gasteiger partial charge in [-0.1, -0.05) is 42.2 Å². The van der Waals surface area contributed by atoms with Crippen LogP contribution in [0.4, 0.5) is 18.9 Å². The van der Waals surface area contributed by atoms with Crippen LogP contribution in [-0.4, -0.2) is 41.8 Å². The summed E-state index contributed by atoms with van der Waals surface area (Å²) < 4.78 is 50.0. The first kappa shape index (κ1) is 24.6. The lowest BCUT2D eigenvalue weighted by atomic mass is 10.1. The van der Waals surface area contributed by atoms with Gasteiger partial charge in [-0.2, -0.15) is 13.2 Å². The molecule has 33 heavy (non-hydrogen) atoms. The molecule has 2 aromatic carbocycles. The summed E-state index contributed by atoms with van der Waals surface area (Å²) in [4.78, 5) is 26.6. The number of thiocarbonyl (C=S) groups is 1. The van der Waals surface area contributed by atoms with E-state index in [0.717, 1.165) is 17.8 Å². The molecule has 2 aromatic rings. The molecule has 1 aliphatic rings. The van der Waals surface area contributed by atoms with E-state index >= 15 is 0 Å². The molecule has 0 aromatic heterocycles. The van der Waals surface area contributed by atoms with Gasteiger partial charge >= 0.3 is 6.18 Å². The molecule has 3 rings (SSSR count). The molecule has 0 saturated carbocycles. The summed E-state index contributed by atoms with van der Waals surface area (Å²) in [5, 5.41) is 2.26. The fraction of sp³-hybridized carbons (Fsp3) is 0.227. The minimum atomic E-state index is -4.60. The van der Waals surface area contributed by atoms with Crippen LogP contribution in [0.3, 0.4) is 0 Å². The lowest BCUT2D eigenvalue weighted by molar-refractivity contribution is -0.137. The second-order valence-electron chi connectivity index (χ2n) is 6.79. The predicted octanol–water partition coefficient (Wildman–Crippen LogP) is 4.95. The maximum Gasteiger partial charge on any atom is 0.418 e. The summed E-state index contributed by atoms with van der Waals surface area (Å²) in [7, 11) is 3.01. The van der Waals surface area contributed by atoms with E-state index in [1.54, 1.807) is 24.3 Å². The van der Waals surface area contributed by atoms with E-state index < -0.39 is 17.6 Å². The third-order valence-electron chi connectivity index (χ3n) is 4.65. The molecule has 1 heterocycles. The number of benzene rings is 2. The molecule has 1 N–H and O–H groups in total. The molecular formula is C22H19F3N2O4S2. The van der Waals surface area contributed by atoms with Crippen LogP contribution in [0.5, 0.6) is 11.5 Å². The Kier molecular flexibility index (Phi) is 7.65. The fourth-order valence-corrected chi connectivity index (χ4v) is 4.36. The summed E-state index contributed by atoms with van der Waals surface area (Å²) in [6, 6.07) is 9.85. The Morgan fingerprint density at radius 1 is 1.15 bits per heavy atom. The van der Waals surface area contributed by atoms with E-state index in [9.17, 15) is 22.8 Å². The molecule has 174 valence electrons. The number of nitrogens with one attached hydrogen (secondary N) is 1. The zero-order chi connectivity index (χ0) is 24.2. The Morgan fingerprint density at radius 2 is 1.85 bits per heavy atom. The van der Waals surface area contributed by atoms with Gasteiger partial charge in [-0.3, -0.25) is 14.5 Å². The minimum absolute atomic E-state index is 0.0615. The summed E-state index contributed by atoms with van der Waals surface area (Å²) in [6.07, 6.45) is -3.18. The van der Waals surface area contributed by atoms with Crippen molar-refractivity contribution in [2.45, 2.75) is 12.6 Å². The molecule has 0 unspecified atom stereocenters. The van der Waals surface area contributed by atoms with Crippen molar-refractivity contribution >= 4 is 51.9 Å². The van der Waals surface area contributed by atoms with Crippen molar-refractivity contribution in [1.82, 2.24) is 4.90 Å². The van der Waals surface area contributed by atoms with Crippen LogP contribution in [0.2, 0.25) is 0 Å². The highest BCUT2D eigenvalue weighted by atomic mass is 32.2. The largest absolute Gasteiger partial charge is 0.493 e. The number of hydrogen-bond donors (Lipinski definition) is 1. The van der Waals surface area contributed by atoms with Gasteiger partial charge in [0, 0.05) is 13.0 Å². The molecule has 6 nitrogen and oxygen atoms in total. The molecule has 0 spiro atoms. The van der Waals surface area contributed by atoms with Gasteiger partial charge in [0.05, 0.1) is 30.4 Å². The molecule has 0 radical (unpaired) electrons. The Bertz CT molecular complexity index is 1120. The monoisotopic (exact) mass is 496 g/mol. The maximum absolute atomic E-state index is 13.1. The molecule has 0 bridgehead atoms. The Balaban J connectivity index is 1.66. The second kappa shape index (κ2) is 10.3. The third-order valence-corrected chi connectivity index (χ3v) is 6.03. The number of carbonyl (C=O) groups excluding carboxylic acids is 2. The number of anilines is 1. The highest BCUT2D eigenvalue weighted by Crippen LogP contribution is 2.36. The quantitative estimate of drug-likeness (QED) is 0.432. The number of halogens is 3. The van der Waals surface area contributed by atoms with Crippen LogP contribution in [-0.2, 0) is 15.8 Å². The summed E-state index contributed by atoms with van der Waals surface area (Å²) in [6.45, 7) is -0.0615. The molecule has 1 aliphatic heterocycles. The fourth-order valence-electron chi connectivity index (χ4n) is 3.05. The van der Waals surface area contributed by atoms with Gasteiger partial charge < -0.3 is 14.8 Å². The van der Waals surface area contributed by atoms with E-state index in [-0.39, 0.29) is 28.9 Å². The number of thioether (sulfide) groups is 1. The first-order valence-electron chi connectivity index (χ1n) is 9.57. The molecule has 2 amide bonds. The zero-order valence-corrected chi connectivity index (χ0v) is 19.2. The SMILES string of the molecule is COc1ccc(/C=C2\SC(=S)N(CCC(=O)Nc3ccccc3C(F)(F)F)C2=O)cc1OC. The molecule has 1 saturated heterocycles. The van der Waals surface area contributed by atoms with Gasteiger partial charge in [0.2, 0.25) is 5.91 Å². The van der Waals surface area contributed by atoms with Gasteiger partial charge in [-0.05, 0) is 35.9 Å². The van der Waals surface area contributed by atoms with Crippen LogP contribution in [0.1, 0.15) is 17.5 Å². The van der Waals surface area contributed by atoms with Gasteiger partial charge in [0.25, 0.3) is 5.91 Å². The maximum atomic E-state index is 13.1. The summed E-state index contributed by atoms with van der Waals surface area (Å²) in [5.41, 5.74) is -0.592. The summed E-state index contributed by atoms with van der Waals surface area (Å²) >= 11 is 6.33. The molecular weight excluding hydrogens is 477 g/mol. The number of rotatable bonds is 7. The number of alkyl halides is 3. The Morgan fingerprint density at radius 3 is 2.52 bits per heavy atom. The Labute approximate surface area is 197 Å². The second-order valence-corrected chi connectivity index (χ2v) is 8.47. The van der Waals surface area contributed by atoms with Crippen LogP contribution in [0, 0.1) is 0 Å². The predicted molar refractivity (Wildman–Crippen MR) is 124 cm³/mol. The van der Waals surface area contributed by atoms with Crippen molar-refractivity contribution in [3.05, 3.63) is 58.5 Å². The van der Waals surface area contributed by atoms with Crippen molar-refractivity contribution in [1.29, 1.82) is 0 Å². The highest BCUT2D eigenvalue weighted by molar-refractivity contribution is 8.26. The average Bonchev–Trinajstić information content (AvgIpc) is 3.04. The van der Waals surface area contributed by atoms with Gasteiger partial charge in [-0.25, -0.2) is 0 Å². The van der Waals surface area contributed by atoms with Crippen molar-refractivity contribution in [3.8, 4) is 11.5 Å². The van der Waals surface area contributed by atoms with E-state index in [2.05, 4.69) is 5.32 Å². The minimum Gasteiger partial charge on any atom is -0.493 e. The van der Waals surface area contributed by atoms with Crippen LogP contribution >= 0.6 is 24.0 Å². The van der Waals surface area contributed by atoms with E-state index in [1.165, 1.54) is 37.3 Å². The number of amides is 2. The van der Waals surface area contributed by atoms with Crippen LogP contribution in [0.25, 0.3) is 6.08 Å². The third kappa shape index (κ3) is 5.85. The number of nitrogens with zero attached hydrogens (tertiary/aromatic N) is 1. The lowest BCUT2D eigenvalue weighted by Crippen LogP contribution is -2.31. The molecule has 1 fully saturated rings. The van der Waals surface area contributed by atoms with E-state index in [4.69, 9.17) is 21.7 Å². The average molecular weight is 497 g/mol. The van der Waals surface area contributed by atoms with Crippen LogP contribution < -0.4 is 14.8 Å². The van der Waals surface area contributed by atoms with Crippen molar-refractivity contribution in [3.63, 3.8) is 0 Å². The zero-order valence-electron chi connectivity index (χ0n) is 17.6. The lowest BCUT2D eigenvalue weighted by Gasteiger charge is -2.16. The molecule has 0 atom stereocenters. The number of carbonyl (C=O) groups is 2. The number of methoxy groups -OCH3 is 2. The van der Waals surface area contributed by atoms with Gasteiger partial charge in [0.1, 0.15) is 4.32 Å². The Hall–Kier alpha value is -3.05. The summed E-state index contributed by atoms with van der Waals surface area (Å²) in [5.74, 6) is -0.00857. The number of hydrogen-bond acceptors (Lipinski definition) is 6. The molecule has 11 heteroatoms. The van der Waals surface area contributed by atoms with E-state index in [1.807, 2.05) is 0 Å². The van der Waals surface area contributed by atoms with Crippen LogP contribution in [0.15, 0.2) is 47.4 Å². The van der Waals surface area contributed by atoms with Gasteiger partial charge in [-0.15, -0.1) is 0 Å². The van der Waals surface area contributed by atoms with E-state index in [0.29, 0.717) is 22.0 Å². The molecule has 0 aliphatic carbocycles.